The fourth-order valence-corrected chi connectivity index (χ4v) is 1.60. The molecule has 0 aliphatic carbocycles. The largest absolute Gasteiger partial charge is 0.483 e. The molecule has 0 atom stereocenters. The predicted octanol–water partition coefficient (Wildman–Crippen LogP) is 0.319. The molecule has 0 spiro atoms. The van der Waals surface area contributed by atoms with Crippen molar-refractivity contribution in [3.8, 4) is 5.75 Å². The van der Waals surface area contributed by atoms with Crippen LogP contribution in [-0.4, -0.2) is 31.5 Å². The van der Waals surface area contributed by atoms with E-state index in [9.17, 15) is 9.59 Å². The van der Waals surface area contributed by atoms with Crippen molar-refractivity contribution in [2.45, 2.75) is 13.8 Å². The van der Waals surface area contributed by atoms with Gasteiger partial charge in [-0.25, -0.2) is 0 Å². The maximum absolute atomic E-state index is 11.6. The van der Waals surface area contributed by atoms with E-state index in [1.807, 2.05) is 32.0 Å². The fraction of sp³-hybridized carbons (Fsp3) is 0.333. The summed E-state index contributed by atoms with van der Waals surface area (Å²) < 4.78 is 5.46. The van der Waals surface area contributed by atoms with Crippen molar-refractivity contribution >= 4 is 11.8 Å². The molecule has 1 rings (SSSR count). The van der Waals surface area contributed by atoms with Gasteiger partial charge >= 0.3 is 0 Å². The monoisotopic (exact) mass is 307 g/mol. The summed E-state index contributed by atoms with van der Waals surface area (Å²) in [5, 5.41) is 5.10. The Kier molecular flexibility index (Phi) is 6.91. The summed E-state index contributed by atoms with van der Waals surface area (Å²) in [5.74, 6) is 4.49. The summed E-state index contributed by atoms with van der Waals surface area (Å²) in [7, 11) is 0. The third kappa shape index (κ3) is 5.45. The van der Waals surface area contributed by atoms with Gasteiger partial charge < -0.3 is 20.2 Å². The van der Waals surface area contributed by atoms with Crippen LogP contribution < -0.4 is 21.3 Å². The zero-order valence-electron chi connectivity index (χ0n) is 12.8. The number of nitrogens with two attached hydrogens (primary N) is 1. The molecule has 0 saturated carbocycles. The minimum atomic E-state index is -0.525. The van der Waals surface area contributed by atoms with Crippen molar-refractivity contribution in [1.29, 1.82) is 0 Å². The number of nitrogens with one attached hydrogen (secondary N) is 2. The molecule has 0 aliphatic heterocycles. The van der Waals surface area contributed by atoms with Crippen LogP contribution in [0.2, 0.25) is 0 Å². The average Bonchev–Trinajstić information content (AvgIpc) is 2.51. The lowest BCUT2D eigenvalue weighted by molar-refractivity contribution is -0.124. The molecule has 7 nitrogen and oxygen atoms in total. The Morgan fingerprint density at radius 1 is 1.23 bits per heavy atom. The number of aryl methyl sites for hydroxylation is 1. The van der Waals surface area contributed by atoms with E-state index in [1.165, 1.54) is 0 Å². The first-order valence-electron chi connectivity index (χ1n) is 6.75. The Labute approximate surface area is 129 Å². The van der Waals surface area contributed by atoms with Gasteiger partial charge in [0.25, 0.3) is 11.8 Å². The Morgan fingerprint density at radius 2 is 1.91 bits per heavy atom. The van der Waals surface area contributed by atoms with Gasteiger partial charge in [0.05, 0.1) is 0 Å². The van der Waals surface area contributed by atoms with Gasteiger partial charge in [0.15, 0.2) is 6.61 Å². The molecule has 7 heteroatoms. The van der Waals surface area contributed by atoms with Crippen LogP contribution in [0.25, 0.3) is 0 Å². The summed E-state index contributed by atoms with van der Waals surface area (Å²) in [6, 6.07) is 5.66. The van der Waals surface area contributed by atoms with Gasteiger partial charge in [0, 0.05) is 13.1 Å². The Hall–Kier alpha value is -2.54. The van der Waals surface area contributed by atoms with Crippen LogP contribution in [0.4, 0.5) is 0 Å². The molecule has 0 heterocycles. The van der Waals surface area contributed by atoms with Crippen molar-refractivity contribution in [2.75, 3.05) is 19.7 Å². The molecule has 0 aliphatic rings. The molecule has 0 fully saturated rings. The van der Waals surface area contributed by atoms with Gasteiger partial charge in [-0.05, 0) is 37.6 Å². The predicted molar refractivity (Wildman–Crippen MR) is 81.8 cm³/mol. The Bertz CT molecular complexity index is 558. The van der Waals surface area contributed by atoms with E-state index in [0.29, 0.717) is 5.75 Å². The first kappa shape index (κ1) is 17.5. The molecule has 2 amide bonds. The molecule has 0 bridgehead atoms. The number of hydrogen-bond donors (Lipinski definition) is 3. The highest BCUT2D eigenvalue weighted by molar-refractivity contribution is 5.90. The van der Waals surface area contributed by atoms with Crippen LogP contribution in [0.1, 0.15) is 11.1 Å². The first-order chi connectivity index (χ1) is 10.5. The molecule has 22 heavy (non-hydrogen) atoms. The lowest BCUT2D eigenvalue weighted by atomic mass is 10.1. The van der Waals surface area contributed by atoms with Crippen LogP contribution in [-0.2, 0) is 14.4 Å². The number of carbonyl (C=O) groups excluding carboxylic acids is 2. The molecular formula is C15H21N3O4. The summed E-state index contributed by atoms with van der Waals surface area (Å²) in [6.07, 6.45) is 0. The van der Waals surface area contributed by atoms with E-state index in [0.717, 1.165) is 11.1 Å². The van der Waals surface area contributed by atoms with Crippen molar-refractivity contribution in [2.24, 2.45) is 5.90 Å². The molecule has 120 valence electrons. The summed E-state index contributed by atoms with van der Waals surface area (Å²) >= 11 is 0. The van der Waals surface area contributed by atoms with Crippen LogP contribution in [0, 0.1) is 13.8 Å². The average molecular weight is 307 g/mol. The molecule has 1 aromatic carbocycles. The zero-order chi connectivity index (χ0) is 16.5. The van der Waals surface area contributed by atoms with Crippen molar-refractivity contribution in [3.05, 3.63) is 41.7 Å². The maximum Gasteiger partial charge on any atom is 0.288 e. The number of benzene rings is 1. The SMILES string of the molecule is C=C(ON)C(=O)NCCNC(=O)COc1cccc(C)c1C. The topological polar surface area (TPSA) is 103 Å². The lowest BCUT2D eigenvalue weighted by Crippen LogP contribution is -2.37. The molecule has 0 unspecified atom stereocenters. The fourth-order valence-electron chi connectivity index (χ4n) is 1.60. The minimum Gasteiger partial charge on any atom is -0.483 e. The van der Waals surface area contributed by atoms with E-state index in [4.69, 9.17) is 10.6 Å². The quantitative estimate of drug-likeness (QED) is 0.278. The lowest BCUT2D eigenvalue weighted by Gasteiger charge is -2.11. The highest BCUT2D eigenvalue weighted by Gasteiger charge is 2.08. The van der Waals surface area contributed by atoms with Gasteiger partial charge in [-0.2, -0.15) is 5.90 Å². The third-order valence-corrected chi connectivity index (χ3v) is 3.04. The number of ether oxygens (including phenoxy) is 1. The Morgan fingerprint density at radius 3 is 2.59 bits per heavy atom. The number of carbonyl (C=O) groups is 2. The number of rotatable bonds is 8. The smallest absolute Gasteiger partial charge is 0.288 e. The van der Waals surface area contributed by atoms with Crippen molar-refractivity contribution in [3.63, 3.8) is 0 Å². The van der Waals surface area contributed by atoms with Crippen LogP contribution >= 0.6 is 0 Å². The van der Waals surface area contributed by atoms with Crippen molar-refractivity contribution < 1.29 is 19.2 Å². The highest BCUT2D eigenvalue weighted by Crippen LogP contribution is 2.20. The van der Waals surface area contributed by atoms with Crippen LogP contribution in [0.5, 0.6) is 5.75 Å². The van der Waals surface area contributed by atoms with Crippen molar-refractivity contribution in [1.82, 2.24) is 10.6 Å². The van der Waals surface area contributed by atoms with Gasteiger partial charge in [0.1, 0.15) is 5.75 Å². The third-order valence-electron chi connectivity index (χ3n) is 3.04. The van der Waals surface area contributed by atoms with Gasteiger partial charge in [-0.15, -0.1) is 0 Å². The first-order valence-corrected chi connectivity index (χ1v) is 6.75. The second kappa shape index (κ2) is 8.68. The van der Waals surface area contributed by atoms with Gasteiger partial charge in [-0.3, -0.25) is 9.59 Å². The normalized spacial score (nSPS) is 9.77. The molecule has 1 aromatic rings. The molecule has 4 N–H and O–H groups in total. The minimum absolute atomic E-state index is 0.0864. The number of amides is 2. The van der Waals surface area contributed by atoms with E-state index < -0.39 is 5.91 Å². The standard InChI is InChI=1S/C15H21N3O4/c1-10-5-4-6-13(11(10)2)21-9-14(19)17-7-8-18-15(20)12(3)22-16/h4-6H,3,7-9,16H2,1-2H3,(H,17,19)(H,18,20). The molecule has 0 radical (unpaired) electrons. The highest BCUT2D eigenvalue weighted by atomic mass is 16.6. The summed E-state index contributed by atoms with van der Waals surface area (Å²) in [5.41, 5.74) is 2.10. The zero-order valence-corrected chi connectivity index (χ0v) is 12.8. The summed E-state index contributed by atoms with van der Waals surface area (Å²) in [6.45, 7) is 7.62. The second-order valence-corrected chi connectivity index (χ2v) is 4.63. The van der Waals surface area contributed by atoms with Crippen LogP contribution in [0.15, 0.2) is 30.5 Å². The van der Waals surface area contributed by atoms with E-state index in [-0.39, 0.29) is 31.4 Å². The molecular weight excluding hydrogens is 286 g/mol. The van der Waals surface area contributed by atoms with E-state index in [2.05, 4.69) is 22.1 Å². The van der Waals surface area contributed by atoms with E-state index >= 15 is 0 Å². The van der Waals surface area contributed by atoms with Gasteiger partial charge in [0.2, 0.25) is 5.76 Å². The second-order valence-electron chi connectivity index (χ2n) is 4.63. The Balaban J connectivity index is 2.26. The van der Waals surface area contributed by atoms with Crippen LogP contribution in [0.3, 0.4) is 0 Å². The summed E-state index contributed by atoms with van der Waals surface area (Å²) in [4.78, 5) is 27.1. The van der Waals surface area contributed by atoms with E-state index in [1.54, 1.807) is 0 Å². The number of hydrogen-bond acceptors (Lipinski definition) is 5. The maximum atomic E-state index is 11.6. The molecule has 0 saturated heterocycles. The van der Waals surface area contributed by atoms with Gasteiger partial charge in [-0.1, -0.05) is 12.1 Å². The molecule has 0 aromatic heterocycles.